The number of aliphatic imine (C=N–C) groups is 1. The number of methoxy groups -OCH3 is 1. The Hall–Kier alpha value is -1.58. The van der Waals surface area contributed by atoms with Gasteiger partial charge in [0.15, 0.2) is 0 Å². The molecule has 0 aliphatic carbocycles. The van der Waals surface area contributed by atoms with E-state index in [1.54, 1.807) is 31.5 Å². The number of nitrogens with zero attached hydrogens (tertiary/aromatic N) is 1. The standard InChI is InChI=1S/C9H12N2O2/c1-10-8(12)7-5-3-4-6-11-9(7)13-2/h3-7H,1-2H3,(H,10,12). The molecule has 1 heterocycles. The molecule has 0 aromatic carbocycles. The quantitative estimate of drug-likeness (QED) is 0.638. The minimum absolute atomic E-state index is 0.124. The predicted molar refractivity (Wildman–Crippen MR) is 50.3 cm³/mol. The van der Waals surface area contributed by atoms with Crippen molar-refractivity contribution in [3.63, 3.8) is 0 Å². The van der Waals surface area contributed by atoms with Gasteiger partial charge in [-0.05, 0) is 6.08 Å². The first-order valence-corrected chi connectivity index (χ1v) is 3.96. The molecule has 1 aliphatic rings. The summed E-state index contributed by atoms with van der Waals surface area (Å²) in [5, 5.41) is 2.55. The second-order valence-electron chi connectivity index (χ2n) is 2.49. The topological polar surface area (TPSA) is 50.7 Å². The van der Waals surface area contributed by atoms with E-state index in [1.165, 1.54) is 7.11 Å². The van der Waals surface area contributed by atoms with Crippen molar-refractivity contribution in [1.82, 2.24) is 5.32 Å². The summed E-state index contributed by atoms with van der Waals surface area (Å²) in [5.74, 6) is -0.144. The third-order valence-corrected chi connectivity index (χ3v) is 1.71. The van der Waals surface area contributed by atoms with Gasteiger partial charge in [0.2, 0.25) is 11.8 Å². The molecular formula is C9H12N2O2. The molecule has 1 amide bonds. The molecule has 4 nitrogen and oxygen atoms in total. The van der Waals surface area contributed by atoms with Crippen molar-refractivity contribution in [2.45, 2.75) is 0 Å². The van der Waals surface area contributed by atoms with Crippen LogP contribution in [0.2, 0.25) is 0 Å². The van der Waals surface area contributed by atoms with Gasteiger partial charge in [-0.25, -0.2) is 4.99 Å². The Balaban J connectivity index is 2.87. The molecule has 1 unspecified atom stereocenters. The van der Waals surface area contributed by atoms with E-state index in [9.17, 15) is 4.79 Å². The summed E-state index contributed by atoms with van der Waals surface area (Å²) in [7, 11) is 3.09. The molecule has 0 radical (unpaired) electrons. The van der Waals surface area contributed by atoms with Crippen LogP contribution in [0.4, 0.5) is 0 Å². The first kappa shape index (κ1) is 9.51. The van der Waals surface area contributed by atoms with Crippen LogP contribution >= 0.6 is 0 Å². The summed E-state index contributed by atoms with van der Waals surface area (Å²) >= 11 is 0. The normalized spacial score (nSPS) is 20.5. The molecule has 0 saturated heterocycles. The van der Waals surface area contributed by atoms with Gasteiger partial charge < -0.3 is 10.1 Å². The van der Waals surface area contributed by atoms with Crippen molar-refractivity contribution in [3.05, 3.63) is 24.4 Å². The number of hydrogen-bond acceptors (Lipinski definition) is 3. The highest BCUT2D eigenvalue weighted by molar-refractivity contribution is 6.02. The van der Waals surface area contributed by atoms with E-state index >= 15 is 0 Å². The Morgan fingerprint density at radius 1 is 1.62 bits per heavy atom. The Morgan fingerprint density at radius 2 is 2.38 bits per heavy atom. The van der Waals surface area contributed by atoms with Crippen LogP contribution < -0.4 is 5.32 Å². The predicted octanol–water partition coefficient (Wildman–Crippen LogP) is 0.477. The molecule has 13 heavy (non-hydrogen) atoms. The van der Waals surface area contributed by atoms with Gasteiger partial charge in [0, 0.05) is 13.2 Å². The number of carbonyl (C=O) groups excluding carboxylic acids is 1. The van der Waals surface area contributed by atoms with Crippen LogP contribution in [-0.2, 0) is 9.53 Å². The fourth-order valence-corrected chi connectivity index (χ4v) is 1.04. The minimum atomic E-state index is -0.426. The molecule has 0 fully saturated rings. The van der Waals surface area contributed by atoms with Gasteiger partial charge in [0.1, 0.15) is 5.92 Å². The smallest absolute Gasteiger partial charge is 0.236 e. The van der Waals surface area contributed by atoms with Gasteiger partial charge in [-0.3, -0.25) is 4.79 Å². The molecule has 0 aromatic rings. The number of amides is 1. The maximum Gasteiger partial charge on any atom is 0.236 e. The van der Waals surface area contributed by atoms with Crippen molar-refractivity contribution >= 4 is 11.8 Å². The summed E-state index contributed by atoms with van der Waals surface area (Å²) in [4.78, 5) is 15.3. The number of allylic oxidation sites excluding steroid dienone is 2. The van der Waals surface area contributed by atoms with Gasteiger partial charge >= 0.3 is 0 Å². The summed E-state index contributed by atoms with van der Waals surface area (Å²) in [6.07, 6.45) is 6.86. The van der Waals surface area contributed by atoms with Crippen LogP contribution in [0.25, 0.3) is 0 Å². The van der Waals surface area contributed by atoms with E-state index in [0.29, 0.717) is 5.90 Å². The first-order valence-electron chi connectivity index (χ1n) is 3.96. The molecule has 1 atom stereocenters. The Labute approximate surface area is 77.0 Å². The van der Waals surface area contributed by atoms with Crippen LogP contribution in [0.1, 0.15) is 0 Å². The lowest BCUT2D eigenvalue weighted by Crippen LogP contribution is -2.32. The minimum Gasteiger partial charge on any atom is -0.483 e. The van der Waals surface area contributed by atoms with Crippen molar-refractivity contribution < 1.29 is 9.53 Å². The zero-order valence-corrected chi connectivity index (χ0v) is 7.65. The van der Waals surface area contributed by atoms with E-state index in [2.05, 4.69) is 10.3 Å². The first-order chi connectivity index (χ1) is 6.29. The third kappa shape index (κ3) is 2.18. The fraction of sp³-hybridized carbons (Fsp3) is 0.333. The Bertz CT molecular complexity index is 279. The highest BCUT2D eigenvalue weighted by atomic mass is 16.5. The van der Waals surface area contributed by atoms with Gasteiger partial charge in [-0.2, -0.15) is 0 Å². The largest absolute Gasteiger partial charge is 0.483 e. The van der Waals surface area contributed by atoms with Gasteiger partial charge in [-0.1, -0.05) is 12.2 Å². The molecule has 0 bridgehead atoms. The van der Waals surface area contributed by atoms with Crippen LogP contribution in [0.15, 0.2) is 29.4 Å². The Kier molecular flexibility index (Phi) is 3.25. The maximum absolute atomic E-state index is 11.3. The zero-order valence-electron chi connectivity index (χ0n) is 7.65. The van der Waals surface area contributed by atoms with Crippen LogP contribution in [0, 0.1) is 5.92 Å². The molecule has 0 spiro atoms. The lowest BCUT2D eigenvalue weighted by molar-refractivity contribution is -0.121. The molecule has 0 aromatic heterocycles. The number of rotatable bonds is 1. The molecule has 1 N–H and O–H groups in total. The highest BCUT2D eigenvalue weighted by Gasteiger charge is 2.21. The van der Waals surface area contributed by atoms with Gasteiger partial charge in [0.05, 0.1) is 7.11 Å². The van der Waals surface area contributed by atoms with Crippen LogP contribution in [0.3, 0.4) is 0 Å². The monoisotopic (exact) mass is 180 g/mol. The average molecular weight is 180 g/mol. The van der Waals surface area contributed by atoms with Crippen molar-refractivity contribution in [1.29, 1.82) is 0 Å². The van der Waals surface area contributed by atoms with E-state index in [1.807, 2.05) is 0 Å². The number of ether oxygens (including phenoxy) is 1. The molecule has 0 saturated carbocycles. The van der Waals surface area contributed by atoms with E-state index in [4.69, 9.17) is 4.74 Å². The molecule has 70 valence electrons. The second kappa shape index (κ2) is 4.45. The summed E-state index contributed by atoms with van der Waals surface area (Å²) in [5.41, 5.74) is 0. The van der Waals surface area contributed by atoms with Gasteiger partial charge in [-0.15, -0.1) is 0 Å². The summed E-state index contributed by atoms with van der Waals surface area (Å²) in [6, 6.07) is 0. The van der Waals surface area contributed by atoms with Crippen LogP contribution in [-0.4, -0.2) is 26.0 Å². The van der Waals surface area contributed by atoms with Gasteiger partial charge in [0.25, 0.3) is 0 Å². The average Bonchev–Trinajstić information content (AvgIpc) is 2.41. The SMILES string of the molecule is CNC(=O)C1C=CC=CN=C1OC. The van der Waals surface area contributed by atoms with E-state index in [0.717, 1.165) is 0 Å². The van der Waals surface area contributed by atoms with Crippen molar-refractivity contribution in [2.75, 3.05) is 14.2 Å². The van der Waals surface area contributed by atoms with Crippen molar-refractivity contribution in [3.8, 4) is 0 Å². The second-order valence-corrected chi connectivity index (χ2v) is 2.49. The molecule has 4 heteroatoms. The van der Waals surface area contributed by atoms with Crippen molar-refractivity contribution in [2.24, 2.45) is 10.9 Å². The summed E-state index contributed by atoms with van der Waals surface area (Å²) in [6.45, 7) is 0. The maximum atomic E-state index is 11.3. The molecule has 1 aliphatic heterocycles. The lowest BCUT2D eigenvalue weighted by atomic mass is 10.1. The number of hydrogen-bond donors (Lipinski definition) is 1. The van der Waals surface area contributed by atoms with E-state index < -0.39 is 5.92 Å². The number of carbonyl (C=O) groups is 1. The molecular weight excluding hydrogens is 168 g/mol. The highest BCUT2D eigenvalue weighted by Crippen LogP contribution is 2.07. The number of nitrogens with one attached hydrogen (secondary N) is 1. The fourth-order valence-electron chi connectivity index (χ4n) is 1.04. The summed E-state index contributed by atoms with van der Waals surface area (Å²) < 4.78 is 4.99. The van der Waals surface area contributed by atoms with E-state index in [-0.39, 0.29) is 5.91 Å². The zero-order chi connectivity index (χ0) is 9.68. The third-order valence-electron chi connectivity index (χ3n) is 1.71. The van der Waals surface area contributed by atoms with Crippen LogP contribution in [0.5, 0.6) is 0 Å². The lowest BCUT2D eigenvalue weighted by Gasteiger charge is -2.11. The Morgan fingerprint density at radius 3 is 3.00 bits per heavy atom. The molecule has 1 rings (SSSR count).